The predicted molar refractivity (Wildman–Crippen MR) is 129 cm³/mol. The molecule has 2 aromatic rings. The van der Waals surface area contributed by atoms with Crippen LogP contribution in [0.1, 0.15) is 29.4 Å². The maximum absolute atomic E-state index is 12.2. The van der Waals surface area contributed by atoms with Gasteiger partial charge in [-0.25, -0.2) is 0 Å². The van der Waals surface area contributed by atoms with Crippen molar-refractivity contribution >= 4 is 40.7 Å². The Bertz CT molecular complexity index is 791. The summed E-state index contributed by atoms with van der Waals surface area (Å²) in [6.45, 7) is 6.89. The lowest BCUT2D eigenvalue weighted by molar-refractivity contribution is 0.637. The van der Waals surface area contributed by atoms with E-state index in [9.17, 15) is 4.21 Å². The van der Waals surface area contributed by atoms with Crippen LogP contribution in [-0.4, -0.2) is 45.3 Å². The number of hydrogen-bond donors (Lipinski definition) is 2. The van der Waals surface area contributed by atoms with Gasteiger partial charge in [0.1, 0.15) is 0 Å². The second-order valence-corrected chi connectivity index (χ2v) is 8.37. The second-order valence-electron chi connectivity index (χ2n) is 6.80. The molecular formula is C20H32IN5OS. The number of guanidine groups is 1. The van der Waals surface area contributed by atoms with Crippen LogP contribution >= 0.6 is 24.0 Å². The van der Waals surface area contributed by atoms with E-state index >= 15 is 0 Å². The second kappa shape index (κ2) is 12.2. The Labute approximate surface area is 188 Å². The molecule has 0 aliphatic rings. The van der Waals surface area contributed by atoms with Crippen LogP contribution in [0.15, 0.2) is 35.3 Å². The molecule has 1 aromatic heterocycles. The van der Waals surface area contributed by atoms with E-state index in [2.05, 4.69) is 34.6 Å². The van der Waals surface area contributed by atoms with Crippen LogP contribution in [-0.2, 0) is 30.0 Å². The third-order valence-corrected chi connectivity index (χ3v) is 5.88. The van der Waals surface area contributed by atoms with Crippen molar-refractivity contribution in [1.82, 2.24) is 20.4 Å². The number of hydrogen-bond acceptors (Lipinski definition) is 3. The van der Waals surface area contributed by atoms with E-state index in [1.54, 1.807) is 7.05 Å². The van der Waals surface area contributed by atoms with E-state index in [1.165, 1.54) is 11.3 Å². The average molecular weight is 517 g/mol. The molecule has 156 valence electrons. The molecule has 6 nitrogen and oxygen atoms in total. The zero-order valence-corrected chi connectivity index (χ0v) is 20.5. The van der Waals surface area contributed by atoms with Crippen molar-refractivity contribution in [2.45, 2.75) is 39.0 Å². The van der Waals surface area contributed by atoms with Gasteiger partial charge in [0.15, 0.2) is 5.96 Å². The molecular weight excluding hydrogens is 485 g/mol. The van der Waals surface area contributed by atoms with Crippen molar-refractivity contribution in [2.24, 2.45) is 12.0 Å². The first-order chi connectivity index (χ1) is 12.9. The summed E-state index contributed by atoms with van der Waals surface area (Å²) in [5, 5.41) is 11.1. The average Bonchev–Trinajstić information content (AvgIpc) is 2.87. The largest absolute Gasteiger partial charge is 0.355 e. The van der Waals surface area contributed by atoms with Crippen molar-refractivity contribution in [3.05, 3.63) is 52.8 Å². The molecule has 0 bridgehead atoms. The molecule has 1 heterocycles. The number of nitrogens with zero attached hydrogens (tertiary/aromatic N) is 3. The van der Waals surface area contributed by atoms with Crippen LogP contribution in [0.5, 0.6) is 0 Å². The highest BCUT2D eigenvalue weighted by atomic mass is 127. The maximum atomic E-state index is 12.2. The van der Waals surface area contributed by atoms with Crippen LogP contribution in [0.4, 0.5) is 0 Å². The maximum Gasteiger partial charge on any atom is 0.191 e. The molecule has 1 aromatic carbocycles. The standard InChI is InChI=1S/C20H31N5OS.HI/c1-15(13-19-16(2)24-25(5)17(19)3)23-20(21-4)22-11-12-27(26)14-18-9-7-6-8-10-18;/h6-10,15H,11-14H2,1-5H3,(H2,21,22,23);1H. The molecule has 0 aliphatic carbocycles. The monoisotopic (exact) mass is 517 g/mol. The molecule has 0 aliphatic heterocycles. The van der Waals surface area contributed by atoms with Crippen LogP contribution in [0, 0.1) is 13.8 Å². The molecule has 2 unspecified atom stereocenters. The van der Waals surface area contributed by atoms with Gasteiger partial charge in [-0.2, -0.15) is 5.10 Å². The van der Waals surface area contributed by atoms with Crippen molar-refractivity contribution < 1.29 is 4.21 Å². The van der Waals surface area contributed by atoms with Crippen molar-refractivity contribution in [2.75, 3.05) is 19.3 Å². The van der Waals surface area contributed by atoms with Gasteiger partial charge in [-0.05, 0) is 38.3 Å². The van der Waals surface area contributed by atoms with E-state index in [1.807, 2.05) is 49.0 Å². The van der Waals surface area contributed by atoms with Crippen molar-refractivity contribution in [3.63, 3.8) is 0 Å². The Hall–Kier alpha value is -1.42. The van der Waals surface area contributed by atoms with Gasteiger partial charge in [-0.3, -0.25) is 13.9 Å². The molecule has 0 amide bonds. The first-order valence-electron chi connectivity index (χ1n) is 9.25. The van der Waals surface area contributed by atoms with Crippen LogP contribution in [0.3, 0.4) is 0 Å². The summed E-state index contributed by atoms with van der Waals surface area (Å²) in [5.74, 6) is 1.91. The highest BCUT2D eigenvalue weighted by Crippen LogP contribution is 2.14. The molecule has 2 rings (SSSR count). The number of aryl methyl sites for hydroxylation is 2. The Morgan fingerprint density at radius 2 is 1.96 bits per heavy atom. The van der Waals surface area contributed by atoms with E-state index in [-0.39, 0.29) is 30.0 Å². The lowest BCUT2D eigenvalue weighted by atomic mass is 10.1. The third-order valence-electron chi connectivity index (χ3n) is 4.57. The first-order valence-corrected chi connectivity index (χ1v) is 10.7. The first kappa shape index (κ1) is 24.6. The summed E-state index contributed by atoms with van der Waals surface area (Å²) >= 11 is 0. The van der Waals surface area contributed by atoms with Crippen LogP contribution in [0.25, 0.3) is 0 Å². The fourth-order valence-corrected chi connectivity index (χ4v) is 4.05. The Morgan fingerprint density at radius 1 is 1.29 bits per heavy atom. The third kappa shape index (κ3) is 7.54. The van der Waals surface area contributed by atoms with E-state index in [4.69, 9.17) is 0 Å². The number of nitrogens with one attached hydrogen (secondary N) is 2. The smallest absolute Gasteiger partial charge is 0.191 e. The van der Waals surface area contributed by atoms with E-state index in [0.717, 1.165) is 23.6 Å². The molecule has 28 heavy (non-hydrogen) atoms. The minimum atomic E-state index is -0.893. The molecule has 0 fully saturated rings. The number of aliphatic imine (C=N–C) groups is 1. The molecule has 2 atom stereocenters. The molecule has 0 saturated heterocycles. The quantitative estimate of drug-likeness (QED) is 0.321. The van der Waals surface area contributed by atoms with E-state index in [0.29, 0.717) is 18.1 Å². The van der Waals surface area contributed by atoms with Crippen LogP contribution in [0.2, 0.25) is 0 Å². The van der Waals surface area contributed by atoms with Gasteiger partial charge in [0.05, 0.1) is 5.69 Å². The number of halogens is 1. The molecule has 0 spiro atoms. The summed E-state index contributed by atoms with van der Waals surface area (Å²) in [4.78, 5) is 4.28. The fraction of sp³-hybridized carbons (Fsp3) is 0.500. The number of benzene rings is 1. The number of rotatable bonds is 8. The molecule has 0 saturated carbocycles. The van der Waals surface area contributed by atoms with Gasteiger partial charge in [0.2, 0.25) is 0 Å². The topological polar surface area (TPSA) is 71.3 Å². The number of aromatic nitrogens is 2. The Balaban J connectivity index is 0.00000392. The van der Waals surface area contributed by atoms with Gasteiger partial charge in [0, 0.05) is 54.7 Å². The minimum Gasteiger partial charge on any atom is -0.355 e. The Kier molecular flexibility index (Phi) is 10.7. The zero-order valence-electron chi connectivity index (χ0n) is 17.4. The van der Waals surface area contributed by atoms with E-state index < -0.39 is 10.8 Å². The lowest BCUT2D eigenvalue weighted by Gasteiger charge is -2.18. The summed E-state index contributed by atoms with van der Waals surface area (Å²) < 4.78 is 14.1. The fourth-order valence-electron chi connectivity index (χ4n) is 3.01. The molecule has 0 radical (unpaired) electrons. The summed E-state index contributed by atoms with van der Waals surface area (Å²) in [7, 11) is 2.83. The summed E-state index contributed by atoms with van der Waals surface area (Å²) in [5.41, 5.74) is 4.65. The van der Waals surface area contributed by atoms with Crippen molar-refractivity contribution in [3.8, 4) is 0 Å². The predicted octanol–water partition coefficient (Wildman–Crippen LogP) is 2.70. The SMILES string of the molecule is CN=C(NCCS(=O)Cc1ccccc1)NC(C)Cc1c(C)nn(C)c1C.I. The Morgan fingerprint density at radius 3 is 2.54 bits per heavy atom. The highest BCUT2D eigenvalue weighted by Gasteiger charge is 2.14. The lowest BCUT2D eigenvalue weighted by Crippen LogP contribution is -2.44. The van der Waals surface area contributed by atoms with Crippen LogP contribution < -0.4 is 10.6 Å². The van der Waals surface area contributed by atoms with Gasteiger partial charge >= 0.3 is 0 Å². The minimum absolute atomic E-state index is 0. The normalized spacial score (nSPS) is 13.5. The van der Waals surface area contributed by atoms with Crippen molar-refractivity contribution in [1.29, 1.82) is 0 Å². The van der Waals surface area contributed by atoms with Gasteiger partial charge in [0.25, 0.3) is 0 Å². The van der Waals surface area contributed by atoms with Gasteiger partial charge < -0.3 is 10.6 Å². The highest BCUT2D eigenvalue weighted by molar-refractivity contribution is 14.0. The van der Waals surface area contributed by atoms with Gasteiger partial charge in [-0.1, -0.05) is 30.3 Å². The van der Waals surface area contributed by atoms with Gasteiger partial charge in [-0.15, -0.1) is 24.0 Å². The molecule has 8 heteroatoms. The molecule has 2 N–H and O–H groups in total. The summed E-state index contributed by atoms with van der Waals surface area (Å²) in [6.07, 6.45) is 0.881. The summed E-state index contributed by atoms with van der Waals surface area (Å²) in [6, 6.07) is 10.2. The zero-order chi connectivity index (χ0) is 19.8.